The van der Waals surface area contributed by atoms with Crippen molar-refractivity contribution < 1.29 is 18.9 Å². The van der Waals surface area contributed by atoms with E-state index >= 15 is 0 Å². The number of furan rings is 1. The molecule has 0 saturated carbocycles. The first-order valence-corrected chi connectivity index (χ1v) is 9.58. The Labute approximate surface area is 178 Å². The Morgan fingerprint density at radius 3 is 2.29 bits per heavy atom. The van der Waals surface area contributed by atoms with E-state index in [-0.39, 0.29) is 23.5 Å². The number of hydrogen-bond donors (Lipinski definition) is 0. The first-order valence-electron chi connectivity index (χ1n) is 9.58. The van der Waals surface area contributed by atoms with Gasteiger partial charge in [0.15, 0.2) is 0 Å². The van der Waals surface area contributed by atoms with Gasteiger partial charge in [-0.2, -0.15) is 0 Å². The molecular weight excluding hydrogens is 398 g/mol. The first kappa shape index (κ1) is 20.1. The summed E-state index contributed by atoms with van der Waals surface area (Å²) in [5, 5.41) is 11.0. The van der Waals surface area contributed by atoms with Crippen LogP contribution in [-0.4, -0.2) is 33.6 Å². The third kappa shape index (κ3) is 3.95. The molecule has 8 nitrogen and oxygen atoms in total. The van der Waals surface area contributed by atoms with Gasteiger partial charge in [-0.25, -0.2) is 0 Å². The molecule has 156 valence electrons. The van der Waals surface area contributed by atoms with E-state index in [4.69, 9.17) is 4.42 Å². The lowest BCUT2D eigenvalue weighted by Gasteiger charge is -2.21. The lowest BCUT2D eigenvalue weighted by atomic mass is 10.0. The second-order valence-corrected chi connectivity index (χ2v) is 7.15. The van der Waals surface area contributed by atoms with Crippen LogP contribution in [0.25, 0.3) is 5.57 Å². The number of carbonyl (C=O) groups excluding carboxylic acids is 2. The third-order valence-electron chi connectivity index (χ3n) is 5.05. The van der Waals surface area contributed by atoms with Crippen LogP contribution in [0.3, 0.4) is 0 Å². The molecule has 0 atom stereocenters. The summed E-state index contributed by atoms with van der Waals surface area (Å²) in [7, 11) is 1.75. The SMILES string of the molecule is CN(Cc1ccccc1)C1=C(c2ccc([N+](=O)[O-])cc2)C(=O)N(Cc2ccco2)C1=O. The van der Waals surface area contributed by atoms with Crippen LogP contribution in [0.4, 0.5) is 5.69 Å². The second-order valence-electron chi connectivity index (χ2n) is 7.15. The van der Waals surface area contributed by atoms with Crippen molar-refractivity contribution in [2.75, 3.05) is 7.05 Å². The zero-order valence-electron chi connectivity index (χ0n) is 16.7. The van der Waals surface area contributed by atoms with Gasteiger partial charge in [-0.15, -0.1) is 0 Å². The van der Waals surface area contributed by atoms with Crippen LogP contribution in [0, 0.1) is 10.1 Å². The topological polar surface area (TPSA) is 96.9 Å². The van der Waals surface area contributed by atoms with Gasteiger partial charge in [-0.3, -0.25) is 24.6 Å². The van der Waals surface area contributed by atoms with Gasteiger partial charge in [0.1, 0.15) is 11.5 Å². The van der Waals surface area contributed by atoms with Gasteiger partial charge in [0, 0.05) is 25.7 Å². The second kappa shape index (κ2) is 8.27. The van der Waals surface area contributed by atoms with Crippen LogP contribution in [0.15, 0.2) is 83.1 Å². The number of nitrogens with zero attached hydrogens (tertiary/aromatic N) is 3. The number of likely N-dealkylation sites (N-methyl/N-ethyl adjacent to an activating group) is 1. The Morgan fingerprint density at radius 2 is 1.68 bits per heavy atom. The first-order chi connectivity index (χ1) is 15.0. The Balaban J connectivity index is 1.74. The van der Waals surface area contributed by atoms with Crippen molar-refractivity contribution in [1.82, 2.24) is 9.80 Å². The Bertz CT molecular complexity index is 1150. The van der Waals surface area contributed by atoms with Gasteiger partial charge in [0.2, 0.25) is 0 Å². The summed E-state index contributed by atoms with van der Waals surface area (Å²) in [6.45, 7) is 0.421. The van der Waals surface area contributed by atoms with Crippen LogP contribution in [0.1, 0.15) is 16.9 Å². The maximum absolute atomic E-state index is 13.3. The minimum Gasteiger partial charge on any atom is -0.467 e. The Morgan fingerprint density at radius 1 is 0.968 bits per heavy atom. The quantitative estimate of drug-likeness (QED) is 0.331. The van der Waals surface area contributed by atoms with Gasteiger partial charge in [0.05, 0.1) is 23.3 Å². The van der Waals surface area contributed by atoms with Crippen LogP contribution >= 0.6 is 0 Å². The zero-order chi connectivity index (χ0) is 22.0. The van der Waals surface area contributed by atoms with Crippen molar-refractivity contribution in [2.24, 2.45) is 0 Å². The van der Waals surface area contributed by atoms with Crippen LogP contribution in [0.5, 0.6) is 0 Å². The minimum atomic E-state index is -0.508. The molecule has 0 radical (unpaired) electrons. The molecule has 2 aromatic carbocycles. The summed E-state index contributed by atoms with van der Waals surface area (Å²) in [4.78, 5) is 39.9. The maximum atomic E-state index is 13.3. The number of amides is 2. The predicted octanol–water partition coefficient (Wildman–Crippen LogP) is 3.60. The zero-order valence-corrected chi connectivity index (χ0v) is 16.7. The van der Waals surface area contributed by atoms with Crippen LogP contribution < -0.4 is 0 Å². The summed E-state index contributed by atoms with van der Waals surface area (Å²) in [6, 6.07) is 18.6. The number of benzene rings is 2. The molecule has 2 amide bonds. The molecule has 0 aliphatic carbocycles. The van der Waals surface area contributed by atoms with Crippen molar-refractivity contribution in [2.45, 2.75) is 13.1 Å². The molecular formula is C23H19N3O5. The molecule has 8 heteroatoms. The molecule has 1 aromatic heterocycles. The molecule has 0 saturated heterocycles. The van der Waals surface area contributed by atoms with Crippen molar-refractivity contribution in [3.8, 4) is 0 Å². The molecule has 0 fully saturated rings. The Kier molecular flexibility index (Phi) is 5.36. The average molecular weight is 417 g/mol. The highest BCUT2D eigenvalue weighted by Gasteiger charge is 2.41. The largest absolute Gasteiger partial charge is 0.467 e. The van der Waals surface area contributed by atoms with Crippen molar-refractivity contribution in [3.63, 3.8) is 0 Å². The molecule has 0 bridgehead atoms. The van der Waals surface area contributed by atoms with E-state index in [0.29, 0.717) is 17.9 Å². The normalized spacial score (nSPS) is 13.8. The monoisotopic (exact) mass is 417 g/mol. The summed E-state index contributed by atoms with van der Waals surface area (Å²) >= 11 is 0. The summed E-state index contributed by atoms with van der Waals surface area (Å²) in [5.74, 6) is -0.421. The van der Waals surface area contributed by atoms with E-state index in [0.717, 1.165) is 10.5 Å². The predicted molar refractivity (Wildman–Crippen MR) is 112 cm³/mol. The molecule has 0 N–H and O–H groups in total. The van der Waals surface area contributed by atoms with Gasteiger partial charge in [-0.1, -0.05) is 30.3 Å². The Hall–Kier alpha value is -4.20. The highest BCUT2D eigenvalue weighted by Crippen LogP contribution is 2.33. The van der Waals surface area contributed by atoms with E-state index in [1.807, 2.05) is 30.3 Å². The third-order valence-corrected chi connectivity index (χ3v) is 5.05. The summed E-state index contributed by atoms with van der Waals surface area (Å²) < 4.78 is 5.31. The summed E-state index contributed by atoms with van der Waals surface area (Å²) in [6.07, 6.45) is 1.48. The van der Waals surface area contributed by atoms with E-state index < -0.39 is 16.7 Å². The van der Waals surface area contributed by atoms with Crippen molar-refractivity contribution in [1.29, 1.82) is 0 Å². The fourth-order valence-corrected chi connectivity index (χ4v) is 3.57. The number of non-ortho nitro benzene ring substituents is 1. The molecule has 1 aliphatic rings. The molecule has 4 rings (SSSR count). The van der Waals surface area contributed by atoms with Crippen LogP contribution in [0.2, 0.25) is 0 Å². The number of hydrogen-bond acceptors (Lipinski definition) is 6. The smallest absolute Gasteiger partial charge is 0.278 e. The van der Waals surface area contributed by atoms with Gasteiger partial charge < -0.3 is 9.32 Å². The minimum absolute atomic E-state index is 0.00379. The number of rotatable bonds is 7. The number of nitro groups is 1. The maximum Gasteiger partial charge on any atom is 0.278 e. The van der Waals surface area contributed by atoms with Gasteiger partial charge in [0.25, 0.3) is 17.5 Å². The molecule has 0 spiro atoms. The number of imide groups is 1. The van der Waals surface area contributed by atoms with Gasteiger partial charge in [-0.05, 0) is 35.4 Å². The molecule has 0 unspecified atom stereocenters. The molecule has 2 heterocycles. The number of carbonyl (C=O) groups is 2. The number of nitro benzene ring substituents is 1. The molecule has 1 aliphatic heterocycles. The fraction of sp³-hybridized carbons (Fsp3) is 0.130. The summed E-state index contributed by atoms with van der Waals surface area (Å²) in [5.41, 5.74) is 1.79. The average Bonchev–Trinajstić information content (AvgIpc) is 3.36. The highest BCUT2D eigenvalue weighted by molar-refractivity contribution is 6.35. The lowest BCUT2D eigenvalue weighted by Crippen LogP contribution is -2.33. The molecule has 3 aromatic rings. The van der Waals surface area contributed by atoms with E-state index in [9.17, 15) is 19.7 Å². The standard InChI is InChI=1S/C23H19N3O5/c1-24(14-16-6-3-2-4-7-16)21-20(17-9-11-18(12-10-17)26(29)30)22(27)25(23(21)28)15-19-8-5-13-31-19/h2-13H,14-15H2,1H3. The fourth-order valence-electron chi connectivity index (χ4n) is 3.57. The van der Waals surface area contributed by atoms with Crippen molar-refractivity contribution >= 4 is 23.1 Å². The van der Waals surface area contributed by atoms with E-state index in [1.165, 1.54) is 30.5 Å². The van der Waals surface area contributed by atoms with Crippen molar-refractivity contribution in [3.05, 3.63) is 106 Å². The highest BCUT2D eigenvalue weighted by atomic mass is 16.6. The van der Waals surface area contributed by atoms with Gasteiger partial charge >= 0.3 is 0 Å². The van der Waals surface area contributed by atoms with E-state index in [2.05, 4.69) is 0 Å². The lowest BCUT2D eigenvalue weighted by molar-refractivity contribution is -0.384. The van der Waals surface area contributed by atoms with Crippen LogP contribution in [-0.2, 0) is 22.7 Å². The molecule has 31 heavy (non-hydrogen) atoms. The van der Waals surface area contributed by atoms with E-state index in [1.54, 1.807) is 24.1 Å².